The zero-order valence-corrected chi connectivity index (χ0v) is 9.20. The SMILES string of the molecule is N#Cc1ccc(-c2ccccc2Cl)cc1N. The maximum Gasteiger partial charge on any atom is 0.101 e. The molecule has 0 atom stereocenters. The van der Waals surface area contributed by atoms with Crippen molar-refractivity contribution >= 4 is 17.3 Å². The molecule has 0 heterocycles. The highest BCUT2D eigenvalue weighted by atomic mass is 35.5. The number of hydrogen-bond acceptors (Lipinski definition) is 2. The van der Waals surface area contributed by atoms with Gasteiger partial charge in [-0.1, -0.05) is 35.9 Å². The van der Waals surface area contributed by atoms with Crippen LogP contribution in [0.2, 0.25) is 5.02 Å². The molecule has 2 aromatic carbocycles. The maximum atomic E-state index is 8.78. The van der Waals surface area contributed by atoms with Crippen LogP contribution in [0.4, 0.5) is 5.69 Å². The number of benzene rings is 2. The lowest BCUT2D eigenvalue weighted by molar-refractivity contribution is 1.48. The van der Waals surface area contributed by atoms with Crippen LogP contribution < -0.4 is 5.73 Å². The quantitative estimate of drug-likeness (QED) is 0.760. The summed E-state index contributed by atoms with van der Waals surface area (Å²) in [6.45, 7) is 0. The highest BCUT2D eigenvalue weighted by Gasteiger charge is 2.05. The van der Waals surface area contributed by atoms with Crippen LogP contribution in [-0.4, -0.2) is 0 Å². The van der Waals surface area contributed by atoms with E-state index < -0.39 is 0 Å². The molecule has 3 heteroatoms. The number of nitrogens with two attached hydrogens (primary N) is 1. The Hall–Kier alpha value is -1.98. The Morgan fingerprint density at radius 2 is 1.88 bits per heavy atom. The van der Waals surface area contributed by atoms with Gasteiger partial charge in [-0.25, -0.2) is 0 Å². The zero-order chi connectivity index (χ0) is 11.5. The number of nitriles is 1. The highest BCUT2D eigenvalue weighted by Crippen LogP contribution is 2.29. The fourth-order valence-electron chi connectivity index (χ4n) is 1.53. The summed E-state index contributed by atoms with van der Waals surface area (Å²) in [6.07, 6.45) is 0. The predicted molar refractivity (Wildman–Crippen MR) is 66.0 cm³/mol. The molecule has 0 fully saturated rings. The fraction of sp³-hybridized carbons (Fsp3) is 0. The maximum absolute atomic E-state index is 8.78. The third-order valence-corrected chi connectivity index (χ3v) is 2.69. The molecule has 2 N–H and O–H groups in total. The van der Waals surface area contributed by atoms with E-state index in [0.717, 1.165) is 11.1 Å². The van der Waals surface area contributed by atoms with E-state index in [9.17, 15) is 0 Å². The molecule has 2 nitrogen and oxygen atoms in total. The van der Waals surface area contributed by atoms with E-state index in [4.69, 9.17) is 22.6 Å². The third kappa shape index (κ3) is 1.86. The Labute approximate surface area is 98.9 Å². The van der Waals surface area contributed by atoms with Gasteiger partial charge in [0.2, 0.25) is 0 Å². The Morgan fingerprint density at radius 1 is 1.12 bits per heavy atom. The van der Waals surface area contributed by atoms with Crippen LogP contribution in [0, 0.1) is 11.3 Å². The molecule has 0 spiro atoms. The molecule has 16 heavy (non-hydrogen) atoms. The average molecular weight is 229 g/mol. The monoisotopic (exact) mass is 228 g/mol. The minimum atomic E-state index is 0.472. The van der Waals surface area contributed by atoms with Gasteiger partial charge in [0.25, 0.3) is 0 Å². The van der Waals surface area contributed by atoms with Gasteiger partial charge < -0.3 is 5.73 Å². The fourth-order valence-corrected chi connectivity index (χ4v) is 1.77. The van der Waals surface area contributed by atoms with Crippen LogP contribution in [0.25, 0.3) is 11.1 Å². The summed E-state index contributed by atoms with van der Waals surface area (Å²) in [5.41, 5.74) is 8.54. The van der Waals surface area contributed by atoms with Gasteiger partial charge in [-0.15, -0.1) is 0 Å². The molecular weight excluding hydrogens is 220 g/mol. The molecule has 2 rings (SSSR count). The minimum absolute atomic E-state index is 0.472. The topological polar surface area (TPSA) is 49.8 Å². The molecule has 0 amide bonds. The predicted octanol–water partition coefficient (Wildman–Crippen LogP) is 3.46. The highest BCUT2D eigenvalue weighted by molar-refractivity contribution is 6.33. The largest absolute Gasteiger partial charge is 0.398 e. The number of nitrogens with zero attached hydrogens (tertiary/aromatic N) is 1. The molecule has 2 aromatic rings. The van der Waals surface area contributed by atoms with Crippen molar-refractivity contribution in [2.45, 2.75) is 0 Å². The molecule has 0 aliphatic carbocycles. The Bertz CT molecular complexity index is 570. The number of nitrogen functional groups attached to an aromatic ring is 1. The molecule has 0 radical (unpaired) electrons. The summed E-state index contributed by atoms with van der Waals surface area (Å²) in [5, 5.41) is 9.45. The van der Waals surface area contributed by atoms with Crippen molar-refractivity contribution in [2.24, 2.45) is 0 Å². The standard InChI is InChI=1S/C13H9ClN2/c14-12-4-2-1-3-11(12)9-5-6-10(8-15)13(16)7-9/h1-7H,16H2. The summed E-state index contributed by atoms with van der Waals surface area (Å²) in [5.74, 6) is 0. The first kappa shape index (κ1) is 10.5. The summed E-state index contributed by atoms with van der Waals surface area (Å²) in [7, 11) is 0. The van der Waals surface area contributed by atoms with Gasteiger partial charge in [-0.05, 0) is 23.8 Å². The molecule has 0 aliphatic rings. The van der Waals surface area contributed by atoms with E-state index in [-0.39, 0.29) is 0 Å². The van der Waals surface area contributed by atoms with Gasteiger partial charge in [0.15, 0.2) is 0 Å². The van der Waals surface area contributed by atoms with E-state index in [1.54, 1.807) is 12.1 Å². The van der Waals surface area contributed by atoms with Crippen molar-refractivity contribution in [2.75, 3.05) is 5.73 Å². The van der Waals surface area contributed by atoms with E-state index in [1.165, 1.54) is 0 Å². The van der Waals surface area contributed by atoms with Gasteiger partial charge in [-0.2, -0.15) is 5.26 Å². The van der Waals surface area contributed by atoms with Crippen LogP contribution in [0.5, 0.6) is 0 Å². The lowest BCUT2D eigenvalue weighted by Gasteiger charge is -2.05. The van der Waals surface area contributed by atoms with Crippen molar-refractivity contribution in [3.63, 3.8) is 0 Å². The van der Waals surface area contributed by atoms with Gasteiger partial charge >= 0.3 is 0 Å². The molecule has 0 bridgehead atoms. The summed E-state index contributed by atoms with van der Waals surface area (Å²) in [6, 6.07) is 14.9. The average Bonchev–Trinajstić information content (AvgIpc) is 2.29. The second kappa shape index (κ2) is 4.26. The molecule has 0 unspecified atom stereocenters. The van der Waals surface area contributed by atoms with E-state index >= 15 is 0 Å². The van der Waals surface area contributed by atoms with Crippen molar-refractivity contribution in [3.05, 3.63) is 53.1 Å². The van der Waals surface area contributed by atoms with Gasteiger partial charge in [0.1, 0.15) is 6.07 Å². The second-order valence-electron chi connectivity index (χ2n) is 3.39. The lowest BCUT2D eigenvalue weighted by Crippen LogP contribution is -1.91. The first-order valence-electron chi connectivity index (χ1n) is 4.77. The Kier molecular flexibility index (Phi) is 2.80. The normalized spacial score (nSPS) is 9.75. The molecule has 0 saturated heterocycles. The van der Waals surface area contributed by atoms with E-state index in [1.807, 2.05) is 36.4 Å². The van der Waals surface area contributed by atoms with Gasteiger partial charge in [0, 0.05) is 10.6 Å². The Balaban J connectivity index is 2.55. The van der Waals surface area contributed by atoms with Crippen LogP contribution in [0.1, 0.15) is 5.56 Å². The number of halogens is 1. The lowest BCUT2D eigenvalue weighted by atomic mass is 10.0. The number of hydrogen-bond donors (Lipinski definition) is 1. The van der Waals surface area contributed by atoms with Gasteiger partial charge in [0.05, 0.1) is 11.3 Å². The van der Waals surface area contributed by atoms with E-state index in [0.29, 0.717) is 16.3 Å². The number of anilines is 1. The summed E-state index contributed by atoms with van der Waals surface area (Å²) >= 11 is 6.08. The third-order valence-electron chi connectivity index (χ3n) is 2.36. The van der Waals surface area contributed by atoms with Crippen LogP contribution in [0.15, 0.2) is 42.5 Å². The van der Waals surface area contributed by atoms with Crippen molar-refractivity contribution in [1.82, 2.24) is 0 Å². The van der Waals surface area contributed by atoms with Crippen LogP contribution in [-0.2, 0) is 0 Å². The summed E-state index contributed by atoms with van der Waals surface area (Å²) < 4.78 is 0. The smallest absolute Gasteiger partial charge is 0.101 e. The van der Waals surface area contributed by atoms with E-state index in [2.05, 4.69) is 0 Å². The second-order valence-corrected chi connectivity index (χ2v) is 3.80. The summed E-state index contributed by atoms with van der Waals surface area (Å²) in [4.78, 5) is 0. The van der Waals surface area contributed by atoms with Crippen molar-refractivity contribution < 1.29 is 0 Å². The minimum Gasteiger partial charge on any atom is -0.398 e. The van der Waals surface area contributed by atoms with Crippen LogP contribution >= 0.6 is 11.6 Å². The van der Waals surface area contributed by atoms with Gasteiger partial charge in [-0.3, -0.25) is 0 Å². The van der Waals surface area contributed by atoms with Crippen molar-refractivity contribution in [1.29, 1.82) is 5.26 Å². The Morgan fingerprint density at radius 3 is 2.50 bits per heavy atom. The molecule has 0 aliphatic heterocycles. The first-order valence-corrected chi connectivity index (χ1v) is 5.14. The van der Waals surface area contributed by atoms with Crippen LogP contribution in [0.3, 0.4) is 0 Å². The first-order chi connectivity index (χ1) is 7.72. The number of rotatable bonds is 1. The molecule has 0 aromatic heterocycles. The molecule has 0 saturated carbocycles. The van der Waals surface area contributed by atoms with Crippen molar-refractivity contribution in [3.8, 4) is 17.2 Å². The molecule has 78 valence electrons. The molecular formula is C13H9ClN2. The zero-order valence-electron chi connectivity index (χ0n) is 8.44.